The second-order valence-corrected chi connectivity index (χ2v) is 7.31. The van der Waals surface area contributed by atoms with Gasteiger partial charge in [0.05, 0.1) is 0 Å². The van der Waals surface area contributed by atoms with Gasteiger partial charge in [-0.1, -0.05) is 36.4 Å². The number of aromatic amines is 1. The van der Waals surface area contributed by atoms with Gasteiger partial charge in [0.2, 0.25) is 5.91 Å². The van der Waals surface area contributed by atoms with Gasteiger partial charge in [0.25, 0.3) is 5.91 Å². The van der Waals surface area contributed by atoms with Crippen LogP contribution in [-0.4, -0.2) is 39.3 Å². The largest absolute Gasteiger partial charge is 0.347 e. The molecule has 1 atom stereocenters. The molecule has 2 aromatic carbocycles. The minimum absolute atomic E-state index is 0.0468. The molecular formula is C21H19N5O4. The second kappa shape index (κ2) is 7.11. The third-order valence-corrected chi connectivity index (χ3v) is 5.05. The molecule has 1 fully saturated rings. The molecule has 1 aliphatic rings. The predicted octanol–water partition coefficient (Wildman–Crippen LogP) is 1.64. The van der Waals surface area contributed by atoms with Crippen LogP contribution in [-0.2, 0) is 15.1 Å². The number of H-pyrrole nitrogens is 1. The molecule has 30 heavy (non-hydrogen) atoms. The van der Waals surface area contributed by atoms with Gasteiger partial charge in [-0.05, 0) is 36.2 Å². The van der Waals surface area contributed by atoms with Crippen molar-refractivity contribution in [3.63, 3.8) is 0 Å². The van der Waals surface area contributed by atoms with E-state index in [4.69, 9.17) is 0 Å². The third kappa shape index (κ3) is 3.41. The first kappa shape index (κ1) is 19.3. The first-order valence-corrected chi connectivity index (χ1v) is 9.27. The highest BCUT2D eigenvalue weighted by atomic mass is 16.2. The van der Waals surface area contributed by atoms with Crippen molar-refractivity contribution < 1.29 is 14.4 Å². The zero-order valence-electron chi connectivity index (χ0n) is 16.4. The highest BCUT2D eigenvalue weighted by Gasteiger charge is 2.49. The summed E-state index contributed by atoms with van der Waals surface area (Å²) in [5, 5.41) is 7.07. The van der Waals surface area contributed by atoms with Gasteiger partial charge < -0.3 is 15.6 Å². The summed E-state index contributed by atoms with van der Waals surface area (Å²) in [5.41, 5.74) is -0.761. The number of hydrogen-bond acceptors (Lipinski definition) is 5. The Morgan fingerprint density at radius 1 is 1.10 bits per heavy atom. The Hall–Kier alpha value is -4.01. The number of benzene rings is 2. The van der Waals surface area contributed by atoms with E-state index in [0.717, 1.165) is 15.7 Å². The Morgan fingerprint density at radius 3 is 2.57 bits per heavy atom. The van der Waals surface area contributed by atoms with Crippen LogP contribution in [0.15, 0.2) is 53.3 Å². The van der Waals surface area contributed by atoms with Gasteiger partial charge in [-0.25, -0.2) is 9.59 Å². The maximum absolute atomic E-state index is 13.1. The number of carbonyl (C=O) groups is 3. The number of aryl methyl sites for hydroxylation is 1. The standard InChI is InChI=1S/C21H19N5O4/c1-12-9-16(24-19(29)22-12)23-17(27)11-26-18(28)21(2,25-20(26)30)15-8-7-13-5-3-4-6-14(13)10-15/h3-10H,11H2,1-2H3,(H,25,30)(H2,22,23,24,27,29). The number of anilines is 1. The minimum atomic E-state index is -1.29. The molecule has 1 saturated heterocycles. The fraction of sp³-hybridized carbons (Fsp3) is 0.190. The molecule has 0 bridgehead atoms. The van der Waals surface area contributed by atoms with E-state index >= 15 is 0 Å². The lowest BCUT2D eigenvalue weighted by Gasteiger charge is -2.22. The molecule has 152 valence electrons. The number of fused-ring (bicyclic) bond motifs is 1. The van der Waals surface area contributed by atoms with Crippen LogP contribution < -0.4 is 16.3 Å². The first-order valence-electron chi connectivity index (χ1n) is 9.27. The molecule has 3 N–H and O–H groups in total. The van der Waals surface area contributed by atoms with Crippen molar-refractivity contribution in [1.82, 2.24) is 20.2 Å². The lowest BCUT2D eigenvalue weighted by atomic mass is 9.90. The maximum atomic E-state index is 13.1. The van der Waals surface area contributed by atoms with Crippen molar-refractivity contribution in [1.29, 1.82) is 0 Å². The number of aromatic nitrogens is 2. The van der Waals surface area contributed by atoms with Crippen LogP contribution in [0.5, 0.6) is 0 Å². The Balaban J connectivity index is 1.55. The second-order valence-electron chi connectivity index (χ2n) is 7.31. The summed E-state index contributed by atoms with van der Waals surface area (Å²) in [6.45, 7) is 2.75. The first-order chi connectivity index (χ1) is 14.3. The quantitative estimate of drug-likeness (QED) is 0.569. The number of nitrogens with zero attached hydrogens (tertiary/aromatic N) is 2. The van der Waals surface area contributed by atoms with Crippen molar-refractivity contribution in [2.75, 3.05) is 11.9 Å². The number of imide groups is 1. The molecule has 4 rings (SSSR count). The molecule has 1 unspecified atom stereocenters. The molecule has 9 heteroatoms. The van der Waals surface area contributed by atoms with E-state index in [1.807, 2.05) is 36.4 Å². The molecule has 0 spiro atoms. The molecule has 1 aromatic heterocycles. The van der Waals surface area contributed by atoms with E-state index in [0.29, 0.717) is 11.3 Å². The van der Waals surface area contributed by atoms with E-state index in [-0.39, 0.29) is 5.82 Å². The summed E-state index contributed by atoms with van der Waals surface area (Å²) < 4.78 is 0. The van der Waals surface area contributed by atoms with Gasteiger partial charge in [-0.3, -0.25) is 14.5 Å². The molecule has 0 aliphatic carbocycles. The molecule has 0 radical (unpaired) electrons. The summed E-state index contributed by atoms with van der Waals surface area (Å²) in [7, 11) is 0. The SMILES string of the molecule is Cc1cc(NC(=O)CN2C(=O)NC(C)(c3ccc4ccccc4c3)C2=O)nc(=O)[nH]1. The van der Waals surface area contributed by atoms with Crippen molar-refractivity contribution in [3.8, 4) is 0 Å². The fourth-order valence-corrected chi connectivity index (χ4v) is 3.51. The number of amides is 4. The molecule has 4 amide bonds. The molecule has 0 saturated carbocycles. The van der Waals surface area contributed by atoms with E-state index in [2.05, 4.69) is 20.6 Å². The van der Waals surface area contributed by atoms with Gasteiger partial charge in [0.15, 0.2) is 0 Å². The average molecular weight is 405 g/mol. The van der Waals surface area contributed by atoms with Crippen LogP contribution in [0, 0.1) is 6.92 Å². The van der Waals surface area contributed by atoms with Crippen LogP contribution in [0.25, 0.3) is 10.8 Å². The smallest absolute Gasteiger partial charge is 0.319 e. The number of urea groups is 1. The lowest BCUT2D eigenvalue weighted by Crippen LogP contribution is -2.42. The van der Waals surface area contributed by atoms with Gasteiger partial charge in [0, 0.05) is 11.8 Å². The predicted molar refractivity (Wildman–Crippen MR) is 110 cm³/mol. The van der Waals surface area contributed by atoms with Gasteiger partial charge >= 0.3 is 11.7 Å². The monoisotopic (exact) mass is 405 g/mol. The summed E-state index contributed by atoms with van der Waals surface area (Å²) >= 11 is 0. The van der Waals surface area contributed by atoms with Crippen LogP contribution in [0.4, 0.5) is 10.6 Å². The molecule has 1 aliphatic heterocycles. The molecule has 9 nitrogen and oxygen atoms in total. The Bertz CT molecular complexity index is 1250. The van der Waals surface area contributed by atoms with Crippen LogP contribution >= 0.6 is 0 Å². The van der Waals surface area contributed by atoms with Crippen molar-refractivity contribution >= 4 is 34.4 Å². The highest BCUT2D eigenvalue weighted by molar-refractivity contribution is 6.10. The third-order valence-electron chi connectivity index (χ3n) is 5.05. The average Bonchev–Trinajstić information content (AvgIpc) is 2.91. The Morgan fingerprint density at radius 2 is 1.83 bits per heavy atom. The number of nitrogens with one attached hydrogen (secondary N) is 3. The molecular weight excluding hydrogens is 386 g/mol. The van der Waals surface area contributed by atoms with Crippen LogP contribution in [0.1, 0.15) is 18.2 Å². The highest BCUT2D eigenvalue weighted by Crippen LogP contribution is 2.31. The van der Waals surface area contributed by atoms with E-state index in [1.165, 1.54) is 6.07 Å². The van der Waals surface area contributed by atoms with E-state index in [1.54, 1.807) is 19.9 Å². The van der Waals surface area contributed by atoms with Crippen molar-refractivity contribution in [3.05, 3.63) is 70.3 Å². The summed E-state index contributed by atoms with van der Waals surface area (Å²) in [6, 6.07) is 14.0. The van der Waals surface area contributed by atoms with Gasteiger partial charge in [-0.2, -0.15) is 4.98 Å². The summed E-state index contributed by atoms with van der Waals surface area (Å²) in [4.78, 5) is 56.3. The summed E-state index contributed by atoms with van der Waals surface area (Å²) in [5.74, 6) is -1.13. The number of rotatable bonds is 4. The maximum Gasteiger partial charge on any atom is 0.347 e. The molecule has 3 aromatic rings. The van der Waals surface area contributed by atoms with Gasteiger partial charge in [0.1, 0.15) is 17.9 Å². The van der Waals surface area contributed by atoms with E-state index < -0.39 is 35.6 Å². The number of hydrogen-bond donors (Lipinski definition) is 3. The lowest BCUT2D eigenvalue weighted by molar-refractivity contribution is -0.133. The summed E-state index contributed by atoms with van der Waals surface area (Å²) in [6.07, 6.45) is 0. The normalized spacial score (nSPS) is 18.5. The zero-order chi connectivity index (χ0) is 21.5. The zero-order valence-corrected chi connectivity index (χ0v) is 16.4. The fourth-order valence-electron chi connectivity index (χ4n) is 3.51. The van der Waals surface area contributed by atoms with E-state index in [9.17, 15) is 19.2 Å². The van der Waals surface area contributed by atoms with Crippen LogP contribution in [0.2, 0.25) is 0 Å². The van der Waals surface area contributed by atoms with Crippen LogP contribution in [0.3, 0.4) is 0 Å². The minimum Gasteiger partial charge on any atom is -0.319 e. The Labute approximate surface area is 171 Å². The molecule has 2 heterocycles. The van der Waals surface area contributed by atoms with Crippen molar-refractivity contribution in [2.45, 2.75) is 19.4 Å². The Kier molecular flexibility index (Phi) is 4.57. The topological polar surface area (TPSA) is 124 Å². The van der Waals surface area contributed by atoms with Gasteiger partial charge in [-0.15, -0.1) is 0 Å². The van der Waals surface area contributed by atoms with Crippen molar-refractivity contribution in [2.24, 2.45) is 0 Å². The number of carbonyl (C=O) groups excluding carboxylic acids is 3.